The van der Waals surface area contributed by atoms with Gasteiger partial charge in [0, 0.05) is 6.92 Å². The Morgan fingerprint density at radius 3 is 2.62 bits per heavy atom. The van der Waals surface area contributed by atoms with E-state index < -0.39 is 5.60 Å². The van der Waals surface area contributed by atoms with Crippen LogP contribution < -0.4 is 0 Å². The minimum absolute atomic E-state index is 0.148. The lowest BCUT2D eigenvalue weighted by molar-refractivity contribution is -0.145. The molecular weight excluding hydrogens is 328 g/mol. The van der Waals surface area contributed by atoms with Crippen molar-refractivity contribution >= 4 is 11.8 Å². The first kappa shape index (κ1) is 20.9. The Morgan fingerprint density at radius 1 is 1.42 bits per heavy atom. The van der Waals surface area contributed by atoms with E-state index in [9.17, 15) is 14.7 Å². The lowest BCUT2D eigenvalue weighted by atomic mass is 9.64. The van der Waals surface area contributed by atoms with Crippen LogP contribution in [0.5, 0.6) is 0 Å². The molecule has 5 atom stereocenters. The Balaban J connectivity index is 2.10. The quantitative estimate of drug-likeness (QED) is 0.540. The third-order valence-electron chi connectivity index (χ3n) is 6.68. The molecule has 26 heavy (non-hydrogen) atoms. The molecule has 1 saturated carbocycles. The van der Waals surface area contributed by atoms with Crippen LogP contribution in [0.4, 0.5) is 0 Å². The van der Waals surface area contributed by atoms with Gasteiger partial charge < -0.3 is 9.84 Å². The maximum atomic E-state index is 11.9. The molecule has 1 N–H and O–H groups in total. The predicted molar refractivity (Wildman–Crippen MR) is 103 cm³/mol. The first-order valence-electron chi connectivity index (χ1n) is 9.71. The van der Waals surface area contributed by atoms with Crippen molar-refractivity contribution in [1.82, 2.24) is 0 Å². The van der Waals surface area contributed by atoms with E-state index in [2.05, 4.69) is 19.6 Å². The summed E-state index contributed by atoms with van der Waals surface area (Å²) >= 11 is 0. The van der Waals surface area contributed by atoms with Crippen molar-refractivity contribution in [3.05, 3.63) is 23.8 Å². The van der Waals surface area contributed by atoms with Crippen LogP contribution in [0.25, 0.3) is 0 Å². The van der Waals surface area contributed by atoms with E-state index in [0.29, 0.717) is 18.8 Å². The average molecular weight is 363 g/mol. The second kappa shape index (κ2) is 7.67. The molecule has 0 radical (unpaired) electrons. The summed E-state index contributed by atoms with van der Waals surface area (Å²) in [6.45, 7) is 13.0. The molecule has 2 rings (SSSR count). The first-order chi connectivity index (χ1) is 12.0. The van der Waals surface area contributed by atoms with E-state index >= 15 is 0 Å². The normalized spacial score (nSPS) is 31.4. The summed E-state index contributed by atoms with van der Waals surface area (Å²) in [6, 6.07) is 0. The second-order valence-electron chi connectivity index (χ2n) is 8.94. The second-order valence-corrected chi connectivity index (χ2v) is 8.94. The fourth-order valence-electron chi connectivity index (χ4n) is 4.92. The Kier molecular flexibility index (Phi) is 6.17. The average Bonchev–Trinajstić information content (AvgIpc) is 2.87. The predicted octanol–water partition coefficient (Wildman–Crippen LogP) is 4.37. The molecular formula is C22H34O4. The van der Waals surface area contributed by atoms with Gasteiger partial charge in [0.15, 0.2) is 5.78 Å². The van der Waals surface area contributed by atoms with Gasteiger partial charge in [0.25, 0.3) is 0 Å². The molecule has 0 bridgehead atoms. The summed E-state index contributed by atoms with van der Waals surface area (Å²) in [5.41, 5.74) is 1.02. The molecule has 0 aromatic carbocycles. The van der Waals surface area contributed by atoms with Crippen molar-refractivity contribution in [2.45, 2.75) is 84.8 Å². The van der Waals surface area contributed by atoms with Crippen molar-refractivity contribution in [2.24, 2.45) is 17.3 Å². The number of fused-ring (bicyclic) bond motifs is 1. The summed E-state index contributed by atoms with van der Waals surface area (Å²) in [4.78, 5) is 23.2. The van der Waals surface area contributed by atoms with Crippen molar-refractivity contribution in [3.8, 4) is 0 Å². The number of ketones is 1. The molecule has 0 spiro atoms. The molecule has 4 nitrogen and oxygen atoms in total. The lowest BCUT2D eigenvalue weighted by Crippen LogP contribution is -2.42. The molecule has 2 aliphatic carbocycles. The molecule has 0 aliphatic heterocycles. The van der Waals surface area contributed by atoms with Gasteiger partial charge in [-0.1, -0.05) is 19.6 Å². The lowest BCUT2D eigenvalue weighted by Gasteiger charge is -2.42. The summed E-state index contributed by atoms with van der Waals surface area (Å²) in [5, 5.41) is 11.3. The number of carbonyl (C=O) groups excluding carboxylic acids is 2. The maximum absolute atomic E-state index is 11.9. The third-order valence-corrected chi connectivity index (χ3v) is 6.68. The summed E-state index contributed by atoms with van der Waals surface area (Å²) in [5.74, 6) is 0.293. The monoisotopic (exact) mass is 362 g/mol. The number of Topliss-reactive ketones (excluding diaryl/α,β-unsaturated/α-hetero) is 1. The molecule has 0 aromatic rings. The van der Waals surface area contributed by atoms with Gasteiger partial charge in [-0.15, -0.1) is 0 Å². The molecule has 0 saturated heterocycles. The minimum atomic E-state index is -0.852. The summed E-state index contributed by atoms with van der Waals surface area (Å²) in [7, 11) is 0. The van der Waals surface area contributed by atoms with Crippen LogP contribution in [0.15, 0.2) is 23.8 Å². The number of aliphatic hydroxyl groups is 1. The summed E-state index contributed by atoms with van der Waals surface area (Å²) < 4.78 is 5.34. The van der Waals surface area contributed by atoms with Crippen molar-refractivity contribution in [3.63, 3.8) is 0 Å². The number of esters is 1. The number of rotatable bonds is 7. The zero-order valence-electron chi connectivity index (χ0n) is 16.9. The number of carbonyl (C=O) groups is 2. The van der Waals surface area contributed by atoms with Crippen LogP contribution >= 0.6 is 0 Å². The summed E-state index contributed by atoms with van der Waals surface area (Å²) in [6.07, 6.45) is 6.60. The Bertz CT molecular complexity index is 616. The zero-order valence-corrected chi connectivity index (χ0v) is 16.9. The van der Waals surface area contributed by atoms with Gasteiger partial charge in [0.2, 0.25) is 0 Å². The number of allylic oxidation sites excluding steroid dienone is 2. The molecule has 0 unspecified atom stereocenters. The topological polar surface area (TPSA) is 63.6 Å². The fourth-order valence-corrected chi connectivity index (χ4v) is 4.92. The zero-order chi connectivity index (χ0) is 19.7. The fraction of sp³-hybridized carbons (Fsp3) is 0.727. The standard InChI is InChI=1S/C22H34O4/c1-14(2)20(26-16(4)24)9-12-22(6,25)18-8-11-21(5)10-7-17(15(3)23)13-19(18)21/h7,18-20,25H,1,8-13H2,2-6H3/t18-,19-,20-,21-,22-/m0/s1. The van der Waals surface area contributed by atoms with E-state index in [-0.39, 0.29) is 29.2 Å². The first-order valence-corrected chi connectivity index (χ1v) is 9.71. The van der Waals surface area contributed by atoms with Crippen LogP contribution in [-0.4, -0.2) is 28.6 Å². The van der Waals surface area contributed by atoms with Crippen LogP contribution in [-0.2, 0) is 14.3 Å². The maximum Gasteiger partial charge on any atom is 0.303 e. The van der Waals surface area contributed by atoms with Crippen LogP contribution in [0.1, 0.15) is 73.1 Å². The Morgan fingerprint density at radius 2 is 2.08 bits per heavy atom. The largest absolute Gasteiger partial charge is 0.458 e. The minimum Gasteiger partial charge on any atom is -0.458 e. The van der Waals surface area contributed by atoms with Gasteiger partial charge in [-0.2, -0.15) is 0 Å². The van der Waals surface area contributed by atoms with E-state index in [4.69, 9.17) is 4.74 Å². The highest BCUT2D eigenvalue weighted by Gasteiger charge is 2.52. The SMILES string of the molecule is C=C(C)[C@H](CC[C@](C)(O)[C@H]1CC[C@]2(C)CC=C(C(C)=O)C[C@@H]12)OC(C)=O. The van der Waals surface area contributed by atoms with Crippen molar-refractivity contribution in [1.29, 1.82) is 0 Å². The number of hydrogen-bond donors (Lipinski definition) is 1. The number of hydrogen-bond acceptors (Lipinski definition) is 4. The van der Waals surface area contributed by atoms with Crippen LogP contribution in [0.2, 0.25) is 0 Å². The van der Waals surface area contributed by atoms with Crippen molar-refractivity contribution < 1.29 is 19.4 Å². The van der Waals surface area contributed by atoms with E-state index in [0.717, 1.165) is 36.8 Å². The van der Waals surface area contributed by atoms with Crippen LogP contribution in [0.3, 0.4) is 0 Å². The van der Waals surface area contributed by atoms with Gasteiger partial charge in [0.05, 0.1) is 5.60 Å². The molecule has 0 aromatic heterocycles. The van der Waals surface area contributed by atoms with E-state index in [1.165, 1.54) is 6.92 Å². The highest BCUT2D eigenvalue weighted by atomic mass is 16.5. The Hall–Kier alpha value is -1.42. The van der Waals surface area contributed by atoms with Gasteiger partial charge in [-0.25, -0.2) is 0 Å². The highest BCUT2D eigenvalue weighted by molar-refractivity contribution is 5.93. The van der Waals surface area contributed by atoms with Crippen molar-refractivity contribution in [2.75, 3.05) is 0 Å². The molecule has 146 valence electrons. The number of ether oxygens (including phenoxy) is 1. The molecule has 4 heteroatoms. The van der Waals surface area contributed by atoms with Gasteiger partial charge in [-0.05, 0) is 87.7 Å². The Labute approximate surface area is 157 Å². The van der Waals surface area contributed by atoms with E-state index in [1.807, 2.05) is 13.8 Å². The highest BCUT2D eigenvalue weighted by Crippen LogP contribution is 2.57. The molecule has 0 heterocycles. The molecule has 0 amide bonds. The van der Waals surface area contributed by atoms with Gasteiger partial charge in [0.1, 0.15) is 6.10 Å². The van der Waals surface area contributed by atoms with Crippen LogP contribution in [0, 0.1) is 17.3 Å². The van der Waals surface area contributed by atoms with E-state index in [1.54, 1.807) is 6.92 Å². The smallest absolute Gasteiger partial charge is 0.303 e. The molecule has 1 fully saturated rings. The van der Waals surface area contributed by atoms with Gasteiger partial charge in [-0.3, -0.25) is 9.59 Å². The third kappa shape index (κ3) is 4.46. The molecule has 2 aliphatic rings. The van der Waals surface area contributed by atoms with Gasteiger partial charge >= 0.3 is 5.97 Å².